The van der Waals surface area contributed by atoms with Crippen molar-refractivity contribution >= 4 is 17.6 Å². The molecule has 0 aliphatic heterocycles. The van der Waals surface area contributed by atoms with Crippen molar-refractivity contribution < 1.29 is 9.53 Å². The summed E-state index contributed by atoms with van der Waals surface area (Å²) in [6.07, 6.45) is 0. The molecule has 0 saturated carbocycles. The zero-order chi connectivity index (χ0) is 7.49. The Bertz CT molecular complexity index is 108. The van der Waals surface area contributed by atoms with E-state index in [0.29, 0.717) is 6.61 Å². The average Bonchev–Trinajstić information content (AvgIpc) is 1.64. The Morgan fingerprint density at radius 1 is 1.89 bits per heavy atom. The first kappa shape index (κ1) is 8.72. The van der Waals surface area contributed by atoms with E-state index in [-0.39, 0.29) is 0 Å². The molecule has 9 heavy (non-hydrogen) atoms. The molecule has 0 aliphatic carbocycles. The van der Waals surface area contributed by atoms with E-state index in [4.69, 9.17) is 17.3 Å². The highest BCUT2D eigenvalue weighted by Gasteiger charge is 2.25. The van der Waals surface area contributed by atoms with Gasteiger partial charge in [0.15, 0.2) is 5.00 Å². The lowest BCUT2D eigenvalue weighted by molar-refractivity contribution is -0.145. The Labute approximate surface area is 59.1 Å². The fraction of sp³-hybridized carbons (Fsp3) is 0.800. The van der Waals surface area contributed by atoms with Crippen LogP contribution in [-0.2, 0) is 9.53 Å². The number of esters is 1. The second-order valence-corrected chi connectivity index (χ2v) is 2.58. The topological polar surface area (TPSA) is 52.3 Å². The number of alkyl halides is 1. The zero-order valence-electron chi connectivity index (χ0n) is 5.48. The summed E-state index contributed by atoms with van der Waals surface area (Å²) in [4.78, 5) is 9.21. The highest BCUT2D eigenvalue weighted by molar-refractivity contribution is 6.33. The van der Waals surface area contributed by atoms with E-state index in [1.54, 1.807) is 6.92 Å². The van der Waals surface area contributed by atoms with Crippen molar-refractivity contribution in [3.63, 3.8) is 0 Å². The van der Waals surface area contributed by atoms with E-state index in [1.165, 1.54) is 6.92 Å². The summed E-state index contributed by atoms with van der Waals surface area (Å²) in [5.41, 5.74) is 5.16. The van der Waals surface area contributed by atoms with Crippen LogP contribution in [-0.4, -0.2) is 17.6 Å². The minimum atomic E-state index is -1.38. The predicted molar refractivity (Wildman–Crippen MR) is 35.1 cm³/mol. The number of halogens is 1. The van der Waals surface area contributed by atoms with Crippen LogP contribution in [0.3, 0.4) is 0 Å². The zero-order valence-corrected chi connectivity index (χ0v) is 6.23. The molecule has 0 aromatic rings. The van der Waals surface area contributed by atoms with Gasteiger partial charge in [0.1, 0.15) is 0 Å². The second-order valence-electron chi connectivity index (χ2n) is 1.80. The molecular weight excluding hydrogens is 142 g/mol. The maximum absolute atomic E-state index is 10.6. The van der Waals surface area contributed by atoms with Gasteiger partial charge in [0.2, 0.25) is 0 Å². The van der Waals surface area contributed by atoms with E-state index in [1.807, 2.05) is 0 Å². The summed E-state index contributed by atoms with van der Waals surface area (Å²) in [5.74, 6) is -0.591. The van der Waals surface area contributed by atoms with Gasteiger partial charge in [0, 0.05) is 0 Å². The van der Waals surface area contributed by atoms with E-state index in [2.05, 4.69) is 4.74 Å². The van der Waals surface area contributed by atoms with E-state index in [9.17, 15) is 4.79 Å². The van der Waals surface area contributed by atoms with Crippen LogP contribution in [0.5, 0.6) is 0 Å². The normalized spacial score (nSPS) is 16.4. The van der Waals surface area contributed by atoms with E-state index in [0.717, 1.165) is 0 Å². The van der Waals surface area contributed by atoms with E-state index < -0.39 is 11.0 Å². The third kappa shape index (κ3) is 3.32. The van der Waals surface area contributed by atoms with Gasteiger partial charge in [-0.2, -0.15) is 0 Å². The summed E-state index contributed by atoms with van der Waals surface area (Å²) in [7, 11) is 0. The maximum Gasteiger partial charge on any atom is 0.341 e. The first-order chi connectivity index (χ1) is 3.98. The van der Waals surface area contributed by atoms with Crippen LogP contribution in [0.2, 0.25) is 0 Å². The quantitative estimate of drug-likeness (QED) is 0.355. The molecule has 0 heterocycles. The number of rotatable bonds is 2. The molecule has 2 N–H and O–H groups in total. The summed E-state index contributed by atoms with van der Waals surface area (Å²) in [5, 5.41) is 0. The number of hydrogen-bond donors (Lipinski definition) is 1. The number of nitrogens with two attached hydrogens (primary N) is 1. The average molecular weight is 152 g/mol. The number of carbonyl (C=O) groups excluding carboxylic acids is 1. The van der Waals surface area contributed by atoms with Crippen LogP contribution in [0, 0.1) is 0 Å². The fourth-order valence-corrected chi connectivity index (χ4v) is 0.327. The van der Waals surface area contributed by atoms with Crippen LogP contribution < -0.4 is 5.73 Å². The highest BCUT2D eigenvalue weighted by atomic mass is 35.5. The molecule has 0 fully saturated rings. The third-order valence-corrected chi connectivity index (χ3v) is 0.829. The van der Waals surface area contributed by atoms with Crippen LogP contribution in [0.25, 0.3) is 0 Å². The van der Waals surface area contributed by atoms with Gasteiger partial charge in [-0.15, -0.1) is 0 Å². The highest BCUT2D eigenvalue weighted by Crippen LogP contribution is 2.06. The van der Waals surface area contributed by atoms with Gasteiger partial charge in [0.05, 0.1) is 6.61 Å². The molecule has 4 heteroatoms. The van der Waals surface area contributed by atoms with Gasteiger partial charge in [-0.25, -0.2) is 4.79 Å². The molecular formula is C5H10ClNO2. The second kappa shape index (κ2) is 3.03. The van der Waals surface area contributed by atoms with Gasteiger partial charge in [0.25, 0.3) is 0 Å². The fourth-order valence-electron chi connectivity index (χ4n) is 0.272. The molecule has 0 aromatic heterocycles. The van der Waals surface area contributed by atoms with Crippen LogP contribution in [0.15, 0.2) is 0 Å². The largest absolute Gasteiger partial charge is 0.464 e. The predicted octanol–water partition coefficient (Wildman–Crippen LogP) is 0.463. The first-order valence-electron chi connectivity index (χ1n) is 2.63. The molecule has 0 radical (unpaired) electrons. The van der Waals surface area contributed by atoms with Gasteiger partial charge in [-0.05, 0) is 13.8 Å². The Hall–Kier alpha value is -0.280. The van der Waals surface area contributed by atoms with Gasteiger partial charge in [-0.1, -0.05) is 11.6 Å². The molecule has 3 nitrogen and oxygen atoms in total. The van der Waals surface area contributed by atoms with Crippen molar-refractivity contribution in [2.75, 3.05) is 6.61 Å². The molecule has 0 spiro atoms. The molecule has 0 amide bonds. The molecule has 0 aliphatic rings. The lowest BCUT2D eigenvalue weighted by Crippen LogP contribution is -2.40. The number of carbonyl (C=O) groups is 1. The Kier molecular flexibility index (Phi) is 2.94. The van der Waals surface area contributed by atoms with Crippen molar-refractivity contribution in [2.45, 2.75) is 18.8 Å². The van der Waals surface area contributed by atoms with Gasteiger partial charge >= 0.3 is 5.97 Å². The minimum Gasteiger partial charge on any atom is -0.464 e. The number of ether oxygens (including phenoxy) is 1. The van der Waals surface area contributed by atoms with Crippen LogP contribution in [0.1, 0.15) is 13.8 Å². The van der Waals surface area contributed by atoms with Crippen molar-refractivity contribution in [2.24, 2.45) is 5.73 Å². The molecule has 1 atom stereocenters. The molecule has 54 valence electrons. The lowest BCUT2D eigenvalue weighted by Gasteiger charge is -2.12. The number of hydrogen-bond acceptors (Lipinski definition) is 3. The summed E-state index contributed by atoms with van der Waals surface area (Å²) >= 11 is 5.37. The molecule has 0 saturated heterocycles. The Morgan fingerprint density at radius 3 is 2.44 bits per heavy atom. The molecule has 0 unspecified atom stereocenters. The van der Waals surface area contributed by atoms with Crippen molar-refractivity contribution in [1.82, 2.24) is 0 Å². The SMILES string of the molecule is CCOC(=O)[C@](C)(N)Cl. The standard InChI is InChI=1S/C5H10ClNO2/c1-3-9-4(8)5(2,6)7/h3,7H2,1-2H3/t5-/m0/s1. The molecule has 0 aromatic carbocycles. The summed E-state index contributed by atoms with van der Waals surface area (Å²) in [6, 6.07) is 0. The van der Waals surface area contributed by atoms with Crippen LogP contribution in [0.4, 0.5) is 0 Å². The monoisotopic (exact) mass is 151 g/mol. The molecule has 0 rings (SSSR count). The van der Waals surface area contributed by atoms with E-state index >= 15 is 0 Å². The minimum absolute atomic E-state index is 0.304. The van der Waals surface area contributed by atoms with Gasteiger partial charge < -0.3 is 10.5 Å². The first-order valence-corrected chi connectivity index (χ1v) is 3.01. The van der Waals surface area contributed by atoms with Crippen LogP contribution >= 0.6 is 11.6 Å². The van der Waals surface area contributed by atoms with Gasteiger partial charge in [-0.3, -0.25) is 0 Å². The summed E-state index contributed by atoms with van der Waals surface area (Å²) in [6.45, 7) is 3.38. The molecule has 0 bridgehead atoms. The summed E-state index contributed by atoms with van der Waals surface area (Å²) < 4.78 is 4.51. The third-order valence-electron chi connectivity index (χ3n) is 0.675. The lowest BCUT2D eigenvalue weighted by atomic mass is 10.4. The van der Waals surface area contributed by atoms with Crippen molar-refractivity contribution in [3.8, 4) is 0 Å². The Morgan fingerprint density at radius 2 is 2.33 bits per heavy atom. The Balaban J connectivity index is 3.74. The van der Waals surface area contributed by atoms with Crippen molar-refractivity contribution in [1.29, 1.82) is 0 Å². The maximum atomic E-state index is 10.6. The smallest absolute Gasteiger partial charge is 0.341 e. The van der Waals surface area contributed by atoms with Crippen molar-refractivity contribution in [3.05, 3.63) is 0 Å².